The van der Waals surface area contributed by atoms with E-state index in [1.807, 2.05) is 31.2 Å². The second kappa shape index (κ2) is 5.51. The Morgan fingerprint density at radius 1 is 1.28 bits per heavy atom. The highest BCUT2D eigenvalue weighted by Crippen LogP contribution is 2.09. The quantitative estimate of drug-likeness (QED) is 0.864. The molecule has 1 heterocycles. The summed E-state index contributed by atoms with van der Waals surface area (Å²) in [6, 6.07) is 11.3. The van der Waals surface area contributed by atoms with Crippen LogP contribution in [0.2, 0.25) is 0 Å². The monoisotopic (exact) mass is 244 g/mol. The van der Waals surface area contributed by atoms with Crippen LogP contribution in [0.25, 0.3) is 0 Å². The van der Waals surface area contributed by atoms with Crippen LogP contribution in [0.1, 0.15) is 27.4 Å². The van der Waals surface area contributed by atoms with Gasteiger partial charge in [0.1, 0.15) is 5.76 Å². The minimum absolute atomic E-state index is 0.224. The number of carbonyl (C=O) groups is 1. The summed E-state index contributed by atoms with van der Waals surface area (Å²) >= 11 is 0. The maximum absolute atomic E-state index is 11.8. The Balaban J connectivity index is 1.98. The van der Waals surface area contributed by atoms with E-state index in [1.165, 1.54) is 0 Å². The molecule has 0 unspecified atom stereocenters. The molecule has 0 aliphatic heterocycles. The highest BCUT2D eigenvalue weighted by molar-refractivity contribution is 5.91. The lowest BCUT2D eigenvalue weighted by Crippen LogP contribution is -2.22. The molecule has 0 aliphatic rings. The molecule has 0 fully saturated rings. The van der Waals surface area contributed by atoms with Crippen LogP contribution >= 0.6 is 0 Å². The van der Waals surface area contributed by atoms with Crippen molar-refractivity contribution in [2.45, 2.75) is 20.0 Å². The Labute approximate surface area is 106 Å². The molecule has 0 atom stereocenters. The van der Waals surface area contributed by atoms with Crippen molar-refractivity contribution in [2.75, 3.05) is 0 Å². The average molecular weight is 244 g/mol. The third kappa shape index (κ3) is 2.78. The van der Waals surface area contributed by atoms with E-state index < -0.39 is 0 Å². The van der Waals surface area contributed by atoms with Crippen LogP contribution < -0.4 is 11.1 Å². The van der Waals surface area contributed by atoms with Gasteiger partial charge in [0.25, 0.3) is 5.91 Å². The first-order chi connectivity index (χ1) is 8.70. The largest absolute Gasteiger partial charge is 0.455 e. The molecule has 0 aliphatic carbocycles. The molecule has 1 aromatic heterocycles. The smallest absolute Gasteiger partial charge is 0.287 e. The van der Waals surface area contributed by atoms with E-state index in [1.54, 1.807) is 12.1 Å². The van der Waals surface area contributed by atoms with Gasteiger partial charge in [-0.2, -0.15) is 0 Å². The van der Waals surface area contributed by atoms with Gasteiger partial charge in [-0.3, -0.25) is 4.79 Å². The van der Waals surface area contributed by atoms with Crippen LogP contribution in [-0.2, 0) is 13.1 Å². The minimum Gasteiger partial charge on any atom is -0.455 e. The normalized spacial score (nSPS) is 10.3. The molecule has 4 nitrogen and oxygen atoms in total. The molecule has 4 heteroatoms. The number of carbonyl (C=O) groups excluding carboxylic acids is 1. The number of furan rings is 1. The highest BCUT2D eigenvalue weighted by atomic mass is 16.4. The summed E-state index contributed by atoms with van der Waals surface area (Å²) < 4.78 is 5.28. The molecule has 0 saturated heterocycles. The highest BCUT2D eigenvalue weighted by Gasteiger charge is 2.10. The van der Waals surface area contributed by atoms with Gasteiger partial charge in [0.05, 0.1) is 6.54 Å². The summed E-state index contributed by atoms with van der Waals surface area (Å²) in [5.41, 5.74) is 7.67. The van der Waals surface area contributed by atoms with Gasteiger partial charge in [0, 0.05) is 6.54 Å². The number of amides is 1. The Bertz CT molecular complexity index is 546. The summed E-state index contributed by atoms with van der Waals surface area (Å²) in [6.45, 7) is 2.80. The van der Waals surface area contributed by atoms with Crippen molar-refractivity contribution >= 4 is 5.91 Å². The summed E-state index contributed by atoms with van der Waals surface area (Å²) in [7, 11) is 0. The van der Waals surface area contributed by atoms with Crippen LogP contribution in [0.4, 0.5) is 0 Å². The van der Waals surface area contributed by atoms with Crippen molar-refractivity contribution in [3.05, 3.63) is 59.0 Å². The lowest BCUT2D eigenvalue weighted by molar-refractivity contribution is 0.0921. The second-order valence-electron chi connectivity index (χ2n) is 4.08. The molecule has 1 amide bonds. The van der Waals surface area contributed by atoms with Gasteiger partial charge < -0.3 is 15.5 Å². The van der Waals surface area contributed by atoms with E-state index in [0.717, 1.165) is 11.1 Å². The first-order valence-electron chi connectivity index (χ1n) is 5.82. The number of nitrogens with one attached hydrogen (secondary N) is 1. The number of benzene rings is 1. The van der Waals surface area contributed by atoms with Gasteiger partial charge in [-0.05, 0) is 30.2 Å². The predicted molar refractivity (Wildman–Crippen MR) is 68.9 cm³/mol. The zero-order chi connectivity index (χ0) is 13.0. The molecule has 0 radical (unpaired) electrons. The molecular formula is C14H16N2O2. The van der Waals surface area contributed by atoms with Crippen LogP contribution in [0.15, 0.2) is 40.8 Å². The van der Waals surface area contributed by atoms with Crippen LogP contribution in [0, 0.1) is 6.92 Å². The van der Waals surface area contributed by atoms with Gasteiger partial charge in [0.15, 0.2) is 5.76 Å². The van der Waals surface area contributed by atoms with Gasteiger partial charge in [-0.1, -0.05) is 24.3 Å². The van der Waals surface area contributed by atoms with Crippen molar-refractivity contribution < 1.29 is 9.21 Å². The zero-order valence-corrected chi connectivity index (χ0v) is 10.3. The summed E-state index contributed by atoms with van der Waals surface area (Å²) in [6.07, 6.45) is 0. The van der Waals surface area contributed by atoms with Crippen molar-refractivity contribution in [3.63, 3.8) is 0 Å². The summed E-state index contributed by atoms with van der Waals surface area (Å²) in [4.78, 5) is 11.8. The summed E-state index contributed by atoms with van der Waals surface area (Å²) in [5.74, 6) is 0.679. The Kier molecular flexibility index (Phi) is 3.79. The standard InChI is InChI=1S/C14H16N2O2/c1-10-4-2-3-5-11(10)9-16-14(17)13-7-6-12(8-15)18-13/h2-7H,8-9,15H2,1H3,(H,16,17). The number of hydrogen-bond donors (Lipinski definition) is 2. The SMILES string of the molecule is Cc1ccccc1CNC(=O)c1ccc(CN)o1. The maximum Gasteiger partial charge on any atom is 0.287 e. The zero-order valence-electron chi connectivity index (χ0n) is 10.3. The van der Waals surface area contributed by atoms with Crippen molar-refractivity contribution in [2.24, 2.45) is 5.73 Å². The number of rotatable bonds is 4. The maximum atomic E-state index is 11.8. The molecule has 3 N–H and O–H groups in total. The van der Waals surface area contributed by atoms with Gasteiger partial charge in [0.2, 0.25) is 0 Å². The fourth-order valence-electron chi connectivity index (χ4n) is 1.68. The first kappa shape index (κ1) is 12.4. The Morgan fingerprint density at radius 3 is 2.72 bits per heavy atom. The molecule has 0 bridgehead atoms. The lowest BCUT2D eigenvalue weighted by atomic mass is 10.1. The number of aryl methyl sites for hydroxylation is 1. The third-order valence-corrected chi connectivity index (χ3v) is 2.79. The average Bonchev–Trinajstić information content (AvgIpc) is 2.86. The molecule has 0 saturated carbocycles. The van der Waals surface area contributed by atoms with Crippen LogP contribution in [-0.4, -0.2) is 5.91 Å². The van der Waals surface area contributed by atoms with E-state index in [9.17, 15) is 4.79 Å². The molecule has 1 aromatic carbocycles. The van der Waals surface area contributed by atoms with Crippen LogP contribution in [0.3, 0.4) is 0 Å². The molecular weight excluding hydrogens is 228 g/mol. The Hall–Kier alpha value is -2.07. The second-order valence-corrected chi connectivity index (χ2v) is 4.08. The molecule has 0 spiro atoms. The van der Waals surface area contributed by atoms with Gasteiger partial charge >= 0.3 is 0 Å². The summed E-state index contributed by atoms with van der Waals surface area (Å²) in [5, 5.41) is 2.82. The Morgan fingerprint density at radius 2 is 2.06 bits per heavy atom. The van der Waals surface area contributed by atoms with E-state index in [-0.39, 0.29) is 5.91 Å². The van der Waals surface area contributed by atoms with E-state index in [0.29, 0.717) is 24.6 Å². The van der Waals surface area contributed by atoms with Gasteiger partial charge in [-0.15, -0.1) is 0 Å². The number of nitrogens with two attached hydrogens (primary N) is 1. The van der Waals surface area contributed by atoms with E-state index in [4.69, 9.17) is 10.2 Å². The topological polar surface area (TPSA) is 68.3 Å². The lowest BCUT2D eigenvalue weighted by Gasteiger charge is -2.06. The predicted octanol–water partition coefficient (Wildman–Crippen LogP) is 1.98. The van der Waals surface area contributed by atoms with Gasteiger partial charge in [-0.25, -0.2) is 0 Å². The fourth-order valence-corrected chi connectivity index (χ4v) is 1.68. The van der Waals surface area contributed by atoms with E-state index in [2.05, 4.69) is 5.32 Å². The molecule has 94 valence electrons. The van der Waals surface area contributed by atoms with Crippen molar-refractivity contribution in [1.29, 1.82) is 0 Å². The van der Waals surface area contributed by atoms with E-state index >= 15 is 0 Å². The van der Waals surface area contributed by atoms with Crippen molar-refractivity contribution in [3.8, 4) is 0 Å². The fraction of sp³-hybridized carbons (Fsp3) is 0.214. The minimum atomic E-state index is -0.224. The molecule has 18 heavy (non-hydrogen) atoms. The molecule has 2 rings (SSSR count). The third-order valence-electron chi connectivity index (χ3n) is 2.79. The first-order valence-corrected chi connectivity index (χ1v) is 5.82. The molecule has 2 aromatic rings. The number of hydrogen-bond acceptors (Lipinski definition) is 3. The van der Waals surface area contributed by atoms with Crippen LogP contribution in [0.5, 0.6) is 0 Å². The van der Waals surface area contributed by atoms with Crippen molar-refractivity contribution in [1.82, 2.24) is 5.32 Å².